The van der Waals surface area contributed by atoms with Crippen LogP contribution in [0.5, 0.6) is 0 Å². The van der Waals surface area contributed by atoms with Crippen LogP contribution in [-0.4, -0.2) is 183 Å². The van der Waals surface area contributed by atoms with E-state index in [1.165, 1.54) is 24.1 Å². The molecule has 7 amide bonds. The molecule has 7 atom stereocenters. The highest BCUT2D eigenvalue weighted by Gasteiger charge is 2.33. The van der Waals surface area contributed by atoms with Crippen LogP contribution in [0.4, 0.5) is 4.79 Å². The van der Waals surface area contributed by atoms with Crippen LogP contribution in [0.1, 0.15) is 120 Å². The molecule has 0 saturated carbocycles. The second-order valence-corrected chi connectivity index (χ2v) is 20.9. The summed E-state index contributed by atoms with van der Waals surface area (Å²) in [7, 11) is 3.90. The third kappa shape index (κ3) is 25.0. The Morgan fingerprint density at radius 2 is 1.54 bits per heavy atom. The second-order valence-electron chi connectivity index (χ2n) is 17.4. The lowest BCUT2D eigenvalue weighted by Crippen LogP contribution is -2.55. The Balaban J connectivity index is 1.85. The number of nitrogens with zero attached hydrogens (tertiary/aromatic N) is 3. The highest BCUT2D eigenvalue weighted by atomic mass is 33.1. The molecule has 31 heteroatoms. The second kappa shape index (κ2) is 35.1. The van der Waals surface area contributed by atoms with E-state index in [1.807, 2.05) is 24.2 Å². The largest absolute Gasteiger partial charge is 0.480 e. The Kier molecular flexibility index (Phi) is 30.4. The molecule has 76 heavy (non-hydrogen) atoms. The third-order valence-electron chi connectivity index (χ3n) is 11.1. The predicted molar refractivity (Wildman–Crippen MR) is 274 cm³/mol. The average Bonchev–Trinajstić information content (AvgIpc) is 3.86. The van der Waals surface area contributed by atoms with E-state index in [2.05, 4.69) is 31.8 Å². The van der Waals surface area contributed by atoms with Crippen molar-refractivity contribution in [2.75, 3.05) is 51.5 Å². The normalized spacial score (nSPS) is 15.6. The van der Waals surface area contributed by atoms with Gasteiger partial charge in [0, 0.05) is 55.7 Å². The van der Waals surface area contributed by atoms with Crippen molar-refractivity contribution in [3.63, 3.8) is 0 Å². The number of likely N-dealkylation sites (N-methyl/N-ethyl adjacent to an activating group) is 1. The van der Waals surface area contributed by atoms with Gasteiger partial charge in [0.05, 0.1) is 18.9 Å². The number of likely N-dealkylation sites (tertiary alicyclic amines) is 1. The molecule has 1 aliphatic rings. The standard InChI is InChI=1S/C45H70N10O18S3/c1-6-10-28(50-39(62)32-12-8-9-16-54(32)5)41(63)55(24-72-36(59)11-7-2)17-14-33(73-26(4)56)40-51-30(22-74-40)38(61)47-15-13-25(3)37(60)52-53-45(70)71-18-19-75-76-23-31(44(68)69)49-35(58)21-29(43(66)67)48-34(57)20-27(46)42(64)65/h22,25,27-29,31-33H,6-21,23-24,46H2,1-5H3,(H,47,61)(H,48,57)(H,49,58)(H,50,62)(H,52,60)(H,53,70)(H,64,65)(H,66,67)(H,68,69). The number of amides is 7. The van der Waals surface area contributed by atoms with Crippen LogP contribution in [-0.2, 0) is 62.2 Å². The molecule has 1 aromatic heterocycles. The number of rotatable bonds is 34. The maximum absolute atomic E-state index is 14.0. The molecule has 2 heterocycles. The molecule has 1 aliphatic heterocycles. The molecular formula is C45H70N10O18S3. The lowest BCUT2D eigenvalue weighted by atomic mass is 10.0. The van der Waals surface area contributed by atoms with Gasteiger partial charge in [-0.2, -0.15) is 0 Å². The number of ether oxygens (including phenoxy) is 3. The maximum Gasteiger partial charge on any atom is 0.426 e. The summed E-state index contributed by atoms with van der Waals surface area (Å²) < 4.78 is 16.0. The molecular weight excluding hydrogens is 1060 g/mol. The molecule has 1 fully saturated rings. The van der Waals surface area contributed by atoms with E-state index < -0.39 is 121 Å². The number of thiazole rings is 1. The zero-order valence-electron chi connectivity index (χ0n) is 43.0. The first-order chi connectivity index (χ1) is 36.0. The van der Waals surface area contributed by atoms with Crippen molar-refractivity contribution in [3.05, 3.63) is 16.1 Å². The SMILES string of the molecule is CCCC(=O)OCN(CCC(OC(C)=O)c1nc(C(=O)NCCC(C)C(=O)NNC(=O)OCCSSCC(NC(=O)CC(NC(=O)CC(N)C(=O)O)C(=O)O)C(=O)O)cs1)C(=O)C(CCC)NC(=O)C1CCCCN1C. The van der Waals surface area contributed by atoms with Crippen LogP contribution in [0.15, 0.2) is 5.38 Å². The maximum atomic E-state index is 14.0. The van der Waals surface area contributed by atoms with Gasteiger partial charge in [0.25, 0.3) is 5.91 Å². The number of carbonyl (C=O) groups is 12. The van der Waals surface area contributed by atoms with Gasteiger partial charge in [0.1, 0.15) is 41.5 Å². The molecule has 28 nitrogen and oxygen atoms in total. The monoisotopic (exact) mass is 1130 g/mol. The van der Waals surface area contributed by atoms with E-state index in [0.29, 0.717) is 25.7 Å². The fraction of sp³-hybridized carbons (Fsp3) is 0.667. The summed E-state index contributed by atoms with van der Waals surface area (Å²) in [6.07, 6.45) is 0.501. The Bertz CT molecular complexity index is 2170. The summed E-state index contributed by atoms with van der Waals surface area (Å²) in [6.45, 7) is 6.50. The van der Waals surface area contributed by atoms with E-state index in [4.69, 9.17) is 25.1 Å². The Labute approximate surface area is 450 Å². The molecule has 426 valence electrons. The van der Waals surface area contributed by atoms with E-state index in [-0.39, 0.29) is 73.1 Å². The molecule has 0 spiro atoms. The zero-order valence-corrected chi connectivity index (χ0v) is 45.4. The third-order valence-corrected chi connectivity index (χ3v) is 14.4. The van der Waals surface area contributed by atoms with Crippen LogP contribution < -0.4 is 37.9 Å². The van der Waals surface area contributed by atoms with Crippen molar-refractivity contribution in [3.8, 4) is 0 Å². The van der Waals surface area contributed by atoms with Crippen molar-refractivity contribution in [2.24, 2.45) is 11.7 Å². The first kappa shape index (κ1) is 65.8. The number of esters is 2. The molecule has 11 N–H and O–H groups in total. The van der Waals surface area contributed by atoms with Crippen molar-refractivity contribution >= 4 is 104 Å². The minimum atomic E-state index is -1.80. The van der Waals surface area contributed by atoms with E-state index in [9.17, 15) is 67.7 Å². The number of piperidine rings is 1. The molecule has 0 aliphatic carbocycles. The molecule has 2 rings (SSSR count). The summed E-state index contributed by atoms with van der Waals surface area (Å²) in [4.78, 5) is 156. The van der Waals surface area contributed by atoms with Crippen LogP contribution >= 0.6 is 32.9 Å². The highest BCUT2D eigenvalue weighted by molar-refractivity contribution is 8.76. The Hall–Kier alpha value is -6.31. The first-order valence-corrected chi connectivity index (χ1v) is 27.7. The lowest BCUT2D eigenvalue weighted by molar-refractivity contribution is -0.155. The quantitative estimate of drug-likeness (QED) is 0.0110. The van der Waals surface area contributed by atoms with E-state index in [1.54, 1.807) is 6.92 Å². The molecule has 0 bridgehead atoms. The number of hydrogen-bond acceptors (Lipinski definition) is 21. The predicted octanol–water partition coefficient (Wildman–Crippen LogP) is 0.262. The lowest BCUT2D eigenvalue weighted by Gasteiger charge is -2.33. The number of hydrazine groups is 1. The minimum absolute atomic E-state index is 0.00130. The van der Waals surface area contributed by atoms with Gasteiger partial charge in [-0.1, -0.05) is 55.2 Å². The van der Waals surface area contributed by atoms with Gasteiger partial charge in [-0.25, -0.2) is 24.8 Å². The van der Waals surface area contributed by atoms with Crippen molar-refractivity contribution in [1.82, 2.24) is 46.9 Å². The van der Waals surface area contributed by atoms with Crippen molar-refractivity contribution in [2.45, 2.75) is 135 Å². The van der Waals surface area contributed by atoms with E-state index >= 15 is 0 Å². The van der Waals surface area contributed by atoms with Gasteiger partial charge < -0.3 is 61.4 Å². The average molecular weight is 1140 g/mol. The number of nitrogens with two attached hydrogens (primary N) is 1. The number of carboxylic acids is 3. The summed E-state index contributed by atoms with van der Waals surface area (Å²) in [5, 5.41) is 39.0. The van der Waals surface area contributed by atoms with Crippen LogP contribution in [0.25, 0.3) is 0 Å². The molecule has 1 aromatic rings. The minimum Gasteiger partial charge on any atom is -0.480 e. The summed E-state index contributed by atoms with van der Waals surface area (Å²) in [6, 6.07) is -6.19. The van der Waals surface area contributed by atoms with Gasteiger partial charge in [0.2, 0.25) is 29.5 Å². The van der Waals surface area contributed by atoms with Gasteiger partial charge >= 0.3 is 35.9 Å². The first-order valence-electron chi connectivity index (χ1n) is 24.3. The number of aliphatic carboxylic acids is 3. The Morgan fingerprint density at radius 3 is 2.17 bits per heavy atom. The van der Waals surface area contributed by atoms with Gasteiger partial charge in [0.15, 0.2) is 12.8 Å². The number of carbonyl (C=O) groups excluding carboxylic acids is 9. The highest BCUT2D eigenvalue weighted by Crippen LogP contribution is 2.27. The number of hydrogen-bond donors (Lipinski definition) is 10. The molecule has 0 aromatic carbocycles. The van der Waals surface area contributed by atoms with E-state index in [0.717, 1.165) is 52.3 Å². The van der Waals surface area contributed by atoms with Gasteiger partial charge in [-0.15, -0.1) is 11.3 Å². The number of nitrogens with one attached hydrogen (secondary N) is 6. The smallest absolute Gasteiger partial charge is 0.426 e. The van der Waals surface area contributed by atoms with Gasteiger partial charge in [-0.3, -0.25) is 53.5 Å². The van der Waals surface area contributed by atoms with Crippen molar-refractivity contribution < 1.29 is 87.1 Å². The fourth-order valence-electron chi connectivity index (χ4n) is 6.94. The molecule has 1 saturated heterocycles. The molecule has 0 radical (unpaired) electrons. The van der Waals surface area contributed by atoms with Crippen molar-refractivity contribution in [1.29, 1.82) is 0 Å². The summed E-state index contributed by atoms with van der Waals surface area (Å²) in [5.74, 6) is -10.6. The Morgan fingerprint density at radius 1 is 0.855 bits per heavy atom. The molecule has 7 unspecified atom stereocenters. The van der Waals surface area contributed by atoms with Crippen LogP contribution in [0.3, 0.4) is 0 Å². The number of carboxylic acid groups (broad SMARTS) is 3. The van der Waals surface area contributed by atoms with Crippen LogP contribution in [0, 0.1) is 5.92 Å². The van der Waals surface area contributed by atoms with Gasteiger partial charge in [-0.05, 0) is 45.7 Å². The topological polar surface area (TPSA) is 411 Å². The summed E-state index contributed by atoms with van der Waals surface area (Å²) >= 11 is 1.03. The fourth-order valence-corrected chi connectivity index (χ4v) is 9.79. The summed E-state index contributed by atoms with van der Waals surface area (Å²) in [5.41, 5.74) is 9.53. The van der Waals surface area contributed by atoms with Crippen LogP contribution in [0.2, 0.25) is 0 Å². The zero-order chi connectivity index (χ0) is 56.9. The number of aromatic nitrogens is 1.